The summed E-state index contributed by atoms with van der Waals surface area (Å²) in [6.45, 7) is 8.95. The molecule has 17 heavy (non-hydrogen) atoms. The summed E-state index contributed by atoms with van der Waals surface area (Å²) < 4.78 is 13.3. The molecule has 0 N–H and O–H groups in total. The van der Waals surface area contributed by atoms with Crippen LogP contribution in [-0.2, 0) is 16.0 Å². The molecule has 0 amide bonds. The van der Waals surface area contributed by atoms with E-state index in [-0.39, 0.29) is 11.5 Å². The first kappa shape index (κ1) is 12.3. The Labute approximate surface area is 101 Å². The zero-order valence-electron chi connectivity index (χ0n) is 10.8. The molecular weight excluding hydrogens is 218 g/mol. The van der Waals surface area contributed by atoms with Gasteiger partial charge in [0.15, 0.2) is 11.2 Å². The molecule has 4 heteroatoms. The second kappa shape index (κ2) is 4.27. The van der Waals surface area contributed by atoms with Crippen molar-refractivity contribution in [2.24, 2.45) is 0 Å². The molecule has 1 unspecified atom stereocenters. The lowest BCUT2D eigenvalue weighted by atomic mass is 10.2. The van der Waals surface area contributed by atoms with Crippen LogP contribution < -0.4 is 5.43 Å². The number of hydrogen-bond acceptors (Lipinski definition) is 3. The molecule has 0 spiro atoms. The Morgan fingerprint density at radius 1 is 1.47 bits per heavy atom. The lowest BCUT2D eigenvalue weighted by Gasteiger charge is -2.19. The van der Waals surface area contributed by atoms with Gasteiger partial charge in [0, 0.05) is 23.5 Å². The van der Waals surface area contributed by atoms with Crippen molar-refractivity contribution in [1.82, 2.24) is 4.57 Å². The number of ether oxygens (including phenoxy) is 2. The van der Waals surface area contributed by atoms with Crippen molar-refractivity contribution in [3.8, 4) is 0 Å². The molecule has 1 aromatic heterocycles. The molecule has 1 saturated heterocycles. The average Bonchev–Trinajstić information content (AvgIpc) is 2.59. The quantitative estimate of drug-likeness (QED) is 0.784. The van der Waals surface area contributed by atoms with E-state index in [1.54, 1.807) is 6.07 Å². The van der Waals surface area contributed by atoms with Crippen LogP contribution in [0.2, 0.25) is 0 Å². The van der Waals surface area contributed by atoms with Crippen LogP contribution in [0.3, 0.4) is 0 Å². The van der Waals surface area contributed by atoms with Crippen LogP contribution in [0.1, 0.15) is 25.1 Å². The highest BCUT2D eigenvalue weighted by Gasteiger charge is 2.32. The Balaban J connectivity index is 2.15. The summed E-state index contributed by atoms with van der Waals surface area (Å²) in [5, 5.41) is 0. The van der Waals surface area contributed by atoms with Gasteiger partial charge in [0.05, 0.1) is 13.2 Å². The molecule has 94 valence electrons. The van der Waals surface area contributed by atoms with Crippen molar-refractivity contribution in [2.75, 3.05) is 6.61 Å². The minimum atomic E-state index is -0.493. The van der Waals surface area contributed by atoms with E-state index in [9.17, 15) is 4.79 Å². The number of pyridine rings is 1. The lowest BCUT2D eigenvalue weighted by Crippen LogP contribution is -2.25. The molecule has 1 atom stereocenters. The highest BCUT2D eigenvalue weighted by atomic mass is 16.7. The van der Waals surface area contributed by atoms with Gasteiger partial charge in [-0.15, -0.1) is 0 Å². The topological polar surface area (TPSA) is 40.5 Å². The molecule has 1 aliphatic heterocycles. The summed E-state index contributed by atoms with van der Waals surface area (Å²) in [6.07, 6.45) is 1.87. The van der Waals surface area contributed by atoms with E-state index in [1.165, 1.54) is 0 Å². The van der Waals surface area contributed by atoms with E-state index >= 15 is 0 Å². The maximum absolute atomic E-state index is 11.5. The van der Waals surface area contributed by atoms with Gasteiger partial charge in [0.25, 0.3) is 0 Å². The SMILES string of the molecule is Cc1c(C)n(CC2COC(C)(C)O2)ccc1=O. The summed E-state index contributed by atoms with van der Waals surface area (Å²) in [5.74, 6) is -0.493. The second-order valence-electron chi connectivity index (χ2n) is 4.99. The van der Waals surface area contributed by atoms with Gasteiger partial charge in [-0.2, -0.15) is 0 Å². The Kier molecular flexibility index (Phi) is 3.10. The molecule has 1 aliphatic rings. The van der Waals surface area contributed by atoms with E-state index in [4.69, 9.17) is 9.47 Å². The third-order valence-corrected chi connectivity index (χ3v) is 3.22. The van der Waals surface area contributed by atoms with Crippen LogP contribution >= 0.6 is 0 Å². The standard InChI is InChI=1S/C13H19NO3/c1-9-10(2)14(6-5-12(9)15)7-11-8-16-13(3,4)17-11/h5-6,11H,7-8H2,1-4H3. The van der Waals surface area contributed by atoms with Crippen molar-refractivity contribution >= 4 is 0 Å². The normalized spacial score (nSPS) is 22.9. The van der Waals surface area contributed by atoms with Crippen LogP contribution in [0.25, 0.3) is 0 Å². The summed E-state index contributed by atoms with van der Waals surface area (Å²) in [5.41, 5.74) is 1.87. The van der Waals surface area contributed by atoms with Crippen molar-refractivity contribution < 1.29 is 9.47 Å². The van der Waals surface area contributed by atoms with Crippen molar-refractivity contribution in [3.63, 3.8) is 0 Å². The summed E-state index contributed by atoms with van der Waals surface area (Å²) >= 11 is 0. The molecule has 0 bridgehead atoms. The molecule has 1 aromatic rings. The number of aromatic nitrogens is 1. The Bertz CT molecular complexity index is 476. The zero-order valence-corrected chi connectivity index (χ0v) is 10.8. The van der Waals surface area contributed by atoms with Gasteiger partial charge in [0.1, 0.15) is 6.10 Å². The van der Waals surface area contributed by atoms with Gasteiger partial charge in [-0.05, 0) is 27.7 Å². The molecule has 0 radical (unpaired) electrons. The van der Waals surface area contributed by atoms with Crippen LogP contribution in [0, 0.1) is 13.8 Å². The van der Waals surface area contributed by atoms with Gasteiger partial charge in [0.2, 0.25) is 0 Å². The minimum absolute atomic E-state index is 0.0469. The maximum atomic E-state index is 11.5. The van der Waals surface area contributed by atoms with Gasteiger partial charge in [-0.1, -0.05) is 0 Å². The average molecular weight is 237 g/mol. The number of hydrogen-bond donors (Lipinski definition) is 0. The predicted octanol–water partition coefficient (Wildman–Crippen LogP) is 1.62. The zero-order chi connectivity index (χ0) is 12.6. The summed E-state index contributed by atoms with van der Waals surface area (Å²) in [4.78, 5) is 11.5. The van der Waals surface area contributed by atoms with Crippen molar-refractivity contribution in [3.05, 3.63) is 33.7 Å². The Morgan fingerprint density at radius 2 is 2.18 bits per heavy atom. The molecule has 1 fully saturated rings. The first-order valence-electron chi connectivity index (χ1n) is 5.87. The van der Waals surface area contributed by atoms with E-state index in [0.717, 1.165) is 17.8 Å². The Hall–Kier alpha value is -1.13. The fourth-order valence-corrected chi connectivity index (χ4v) is 2.06. The monoisotopic (exact) mass is 237 g/mol. The van der Waals surface area contributed by atoms with Gasteiger partial charge in [-0.3, -0.25) is 4.79 Å². The molecule has 0 aliphatic carbocycles. The molecular formula is C13H19NO3. The fraction of sp³-hybridized carbons (Fsp3) is 0.615. The molecule has 0 aromatic carbocycles. The number of nitrogens with zero attached hydrogens (tertiary/aromatic N) is 1. The van der Waals surface area contributed by atoms with E-state index in [1.807, 2.05) is 38.5 Å². The van der Waals surface area contributed by atoms with Crippen molar-refractivity contribution in [2.45, 2.75) is 46.1 Å². The van der Waals surface area contributed by atoms with E-state index in [0.29, 0.717) is 6.61 Å². The van der Waals surface area contributed by atoms with Crippen LogP contribution in [0.15, 0.2) is 17.1 Å². The molecule has 2 rings (SSSR count). The molecule has 0 saturated carbocycles. The molecule has 4 nitrogen and oxygen atoms in total. The fourth-order valence-electron chi connectivity index (χ4n) is 2.06. The third-order valence-electron chi connectivity index (χ3n) is 3.22. The number of rotatable bonds is 2. The highest BCUT2D eigenvalue weighted by Crippen LogP contribution is 2.23. The van der Waals surface area contributed by atoms with Crippen molar-refractivity contribution in [1.29, 1.82) is 0 Å². The highest BCUT2D eigenvalue weighted by molar-refractivity contribution is 5.18. The van der Waals surface area contributed by atoms with E-state index < -0.39 is 5.79 Å². The summed E-state index contributed by atoms with van der Waals surface area (Å²) in [6, 6.07) is 1.60. The van der Waals surface area contributed by atoms with Crippen LogP contribution in [-0.4, -0.2) is 23.1 Å². The minimum Gasteiger partial charge on any atom is -0.348 e. The van der Waals surface area contributed by atoms with Crippen LogP contribution in [0.5, 0.6) is 0 Å². The van der Waals surface area contributed by atoms with Gasteiger partial charge >= 0.3 is 0 Å². The predicted molar refractivity (Wildman–Crippen MR) is 65.1 cm³/mol. The first-order valence-corrected chi connectivity index (χ1v) is 5.87. The largest absolute Gasteiger partial charge is 0.348 e. The molecule has 2 heterocycles. The van der Waals surface area contributed by atoms with Gasteiger partial charge in [-0.25, -0.2) is 0 Å². The maximum Gasteiger partial charge on any atom is 0.184 e. The lowest BCUT2D eigenvalue weighted by molar-refractivity contribution is -0.139. The smallest absolute Gasteiger partial charge is 0.184 e. The second-order valence-corrected chi connectivity index (χ2v) is 4.99. The Morgan fingerprint density at radius 3 is 2.76 bits per heavy atom. The third kappa shape index (κ3) is 2.58. The van der Waals surface area contributed by atoms with Crippen LogP contribution in [0.4, 0.5) is 0 Å². The van der Waals surface area contributed by atoms with E-state index in [2.05, 4.69) is 0 Å². The summed E-state index contributed by atoms with van der Waals surface area (Å²) in [7, 11) is 0. The first-order chi connectivity index (χ1) is 7.89. The van der Waals surface area contributed by atoms with Gasteiger partial charge < -0.3 is 14.0 Å².